The van der Waals surface area contributed by atoms with Gasteiger partial charge in [-0.25, -0.2) is 4.68 Å². The van der Waals surface area contributed by atoms with E-state index >= 15 is 0 Å². The number of hydrogen-bond donors (Lipinski definition) is 6. The first-order valence-corrected chi connectivity index (χ1v) is 19.7. The first-order valence-electron chi connectivity index (χ1n) is 19.7. The molecule has 0 aliphatic carbocycles. The molecule has 0 bridgehead atoms. The number of carboxylic acid groups (broad SMARTS) is 1. The Labute approximate surface area is 336 Å². The fourth-order valence-electron chi connectivity index (χ4n) is 7.32. The first-order chi connectivity index (χ1) is 27.8. The normalized spacial score (nSPS) is 22.2. The van der Waals surface area contributed by atoms with E-state index in [0.717, 1.165) is 16.3 Å². The molecule has 6 amide bonds. The lowest BCUT2D eigenvalue weighted by Crippen LogP contribution is -2.60. The number of hydrogen-bond acceptors (Lipinski definition) is 10. The van der Waals surface area contributed by atoms with Crippen molar-refractivity contribution in [2.45, 2.75) is 115 Å². The number of carbonyl (C=O) groups is 7. The average Bonchev–Trinajstić information content (AvgIpc) is 3.86. The number of nitrogens with one attached hydrogen (secondary N) is 4. The summed E-state index contributed by atoms with van der Waals surface area (Å²) in [7, 11) is 0. The molecule has 2 aliphatic rings. The molecule has 7 N–H and O–H groups in total. The highest BCUT2D eigenvalue weighted by atomic mass is 16.5. The highest BCUT2D eigenvalue weighted by Gasteiger charge is 2.39. The molecule has 0 radical (unpaired) electrons. The van der Waals surface area contributed by atoms with Crippen molar-refractivity contribution in [3.63, 3.8) is 0 Å². The number of amides is 6. The van der Waals surface area contributed by atoms with Crippen LogP contribution in [0.3, 0.4) is 0 Å². The van der Waals surface area contributed by atoms with Gasteiger partial charge in [-0.05, 0) is 60.8 Å². The summed E-state index contributed by atoms with van der Waals surface area (Å²) in [4.78, 5) is 94.8. The number of aryl methyl sites for hydroxylation is 1. The van der Waals surface area contributed by atoms with Crippen molar-refractivity contribution in [1.82, 2.24) is 41.2 Å². The number of aromatic nitrogens is 3. The smallest absolute Gasteiger partial charge is 0.303 e. The minimum atomic E-state index is -1.34. The summed E-state index contributed by atoms with van der Waals surface area (Å²) in [6.07, 6.45) is 2.81. The van der Waals surface area contributed by atoms with Gasteiger partial charge in [0.2, 0.25) is 35.4 Å². The number of primary amides is 1. The summed E-state index contributed by atoms with van der Waals surface area (Å²) in [6, 6.07) is 7.26. The Morgan fingerprint density at radius 3 is 2.50 bits per heavy atom. The molecular formula is C40H53N9O9. The topological polar surface area (TPSA) is 257 Å². The first kappa shape index (κ1) is 43.2. The molecule has 18 heteroatoms. The van der Waals surface area contributed by atoms with E-state index in [1.807, 2.05) is 56.3 Å². The van der Waals surface area contributed by atoms with E-state index in [9.17, 15) is 38.7 Å². The van der Waals surface area contributed by atoms with Gasteiger partial charge in [-0.2, -0.15) is 0 Å². The number of fused-ring (bicyclic) bond motifs is 3. The van der Waals surface area contributed by atoms with Gasteiger partial charge in [-0.3, -0.25) is 33.6 Å². The van der Waals surface area contributed by atoms with Crippen LogP contribution in [0.2, 0.25) is 0 Å². The lowest BCUT2D eigenvalue weighted by Gasteiger charge is -2.30. The van der Waals surface area contributed by atoms with E-state index in [0.29, 0.717) is 31.5 Å². The standard InChI is InChI=1S/C40H53N9O9/c1-24(2)19-30(36(41)53)44-38(55)32-23-58-22-27-21-42-47-49(27)18-6-5-14-34(50)43-29(15-16-35(51)52)40(57)48-17-8-13-33(48)39(56)45-31(37(54)46-32)20-26-11-7-10-25-9-3-4-12-28(25)26/h3-4,7,9-12,21,24,29-33H,5-6,8,13-20,22-23H2,1-2H3,(H2,41,53)(H,43,50)(H,44,55)(H,45,56)(H,46,54)(H,51,52)/t29-,30-,31-,32-,33-/m0/s1. The molecule has 2 aliphatic heterocycles. The van der Waals surface area contributed by atoms with Gasteiger partial charge in [0.05, 0.1) is 25.1 Å². The maximum atomic E-state index is 14.4. The van der Waals surface area contributed by atoms with E-state index in [4.69, 9.17) is 10.5 Å². The zero-order valence-electron chi connectivity index (χ0n) is 32.9. The predicted molar refractivity (Wildman–Crippen MR) is 209 cm³/mol. The van der Waals surface area contributed by atoms with Crippen LogP contribution in [0.5, 0.6) is 0 Å². The van der Waals surface area contributed by atoms with Crippen LogP contribution in [-0.4, -0.2) is 110 Å². The molecule has 312 valence electrons. The maximum absolute atomic E-state index is 14.4. The summed E-state index contributed by atoms with van der Waals surface area (Å²) in [5, 5.41) is 30.2. The molecule has 5 rings (SSSR count). The zero-order chi connectivity index (χ0) is 41.8. The van der Waals surface area contributed by atoms with Crippen molar-refractivity contribution in [3.8, 4) is 0 Å². The van der Waals surface area contributed by atoms with Crippen LogP contribution in [0.1, 0.15) is 76.5 Å². The van der Waals surface area contributed by atoms with Crippen LogP contribution in [-0.2, 0) is 57.9 Å². The Morgan fingerprint density at radius 1 is 0.966 bits per heavy atom. The molecule has 58 heavy (non-hydrogen) atoms. The number of rotatable bonds is 10. The van der Waals surface area contributed by atoms with Crippen molar-refractivity contribution in [2.75, 3.05) is 13.2 Å². The fraction of sp³-hybridized carbons (Fsp3) is 0.525. The Balaban J connectivity index is 1.50. The van der Waals surface area contributed by atoms with Gasteiger partial charge in [0.25, 0.3) is 0 Å². The van der Waals surface area contributed by atoms with Crippen LogP contribution < -0.4 is 27.0 Å². The third kappa shape index (κ3) is 11.8. The number of nitrogens with zero attached hydrogens (tertiary/aromatic N) is 4. The number of ether oxygens (including phenoxy) is 1. The van der Waals surface area contributed by atoms with Crippen LogP contribution in [0, 0.1) is 5.92 Å². The monoisotopic (exact) mass is 803 g/mol. The van der Waals surface area contributed by atoms with Crippen LogP contribution in [0.4, 0.5) is 0 Å². The zero-order valence-corrected chi connectivity index (χ0v) is 32.9. The summed E-state index contributed by atoms with van der Waals surface area (Å²) in [5.41, 5.74) is 6.92. The molecule has 1 aromatic heterocycles. The van der Waals surface area contributed by atoms with Crippen molar-refractivity contribution in [3.05, 3.63) is 59.9 Å². The third-order valence-electron chi connectivity index (χ3n) is 10.3. The number of benzene rings is 2. The summed E-state index contributed by atoms with van der Waals surface area (Å²) < 4.78 is 7.55. The number of carbonyl (C=O) groups excluding carboxylic acids is 6. The van der Waals surface area contributed by atoms with Crippen molar-refractivity contribution >= 4 is 52.2 Å². The van der Waals surface area contributed by atoms with Gasteiger partial charge in [0.1, 0.15) is 30.2 Å². The second-order valence-electron chi connectivity index (χ2n) is 15.2. The molecule has 3 aromatic rings. The van der Waals surface area contributed by atoms with Crippen molar-refractivity contribution in [1.29, 1.82) is 0 Å². The summed E-state index contributed by atoms with van der Waals surface area (Å²) >= 11 is 0. The number of carboxylic acids is 1. The largest absolute Gasteiger partial charge is 0.481 e. The molecule has 1 saturated heterocycles. The Bertz CT molecular complexity index is 1960. The Hall–Kier alpha value is -5.91. The van der Waals surface area contributed by atoms with Gasteiger partial charge in [0.15, 0.2) is 0 Å². The van der Waals surface area contributed by atoms with Gasteiger partial charge in [-0.15, -0.1) is 5.10 Å². The second-order valence-corrected chi connectivity index (χ2v) is 15.2. The van der Waals surface area contributed by atoms with E-state index in [1.165, 1.54) is 11.1 Å². The summed E-state index contributed by atoms with van der Waals surface area (Å²) in [5.74, 6) is -5.02. The Kier molecular flexibility index (Phi) is 15.3. The minimum absolute atomic E-state index is 0.00295. The highest BCUT2D eigenvalue weighted by molar-refractivity contribution is 5.97. The minimum Gasteiger partial charge on any atom is -0.481 e. The molecule has 0 spiro atoms. The molecule has 5 atom stereocenters. The maximum Gasteiger partial charge on any atom is 0.303 e. The van der Waals surface area contributed by atoms with Gasteiger partial charge < -0.3 is 41.7 Å². The van der Waals surface area contributed by atoms with Crippen molar-refractivity contribution in [2.24, 2.45) is 11.7 Å². The van der Waals surface area contributed by atoms with E-state index in [-0.39, 0.29) is 57.8 Å². The fourth-order valence-corrected chi connectivity index (χ4v) is 7.32. The van der Waals surface area contributed by atoms with Crippen LogP contribution >= 0.6 is 0 Å². The lowest BCUT2D eigenvalue weighted by atomic mass is 9.97. The van der Waals surface area contributed by atoms with Gasteiger partial charge >= 0.3 is 5.97 Å². The van der Waals surface area contributed by atoms with Crippen molar-refractivity contribution < 1.29 is 43.4 Å². The molecule has 18 nitrogen and oxygen atoms in total. The van der Waals surface area contributed by atoms with Gasteiger partial charge in [0, 0.05) is 32.4 Å². The second kappa shape index (κ2) is 20.5. The molecule has 0 saturated carbocycles. The van der Waals surface area contributed by atoms with E-state index in [2.05, 4.69) is 31.6 Å². The quantitative estimate of drug-likeness (QED) is 0.166. The molecule has 2 aromatic carbocycles. The average molecular weight is 804 g/mol. The third-order valence-corrected chi connectivity index (χ3v) is 10.3. The molecule has 3 heterocycles. The highest BCUT2D eigenvalue weighted by Crippen LogP contribution is 2.23. The SMILES string of the molecule is CC(C)C[C@H](NC(=O)[C@@H]1COCc2cnnn2CCCCC(=O)N[C@@H](CCC(=O)O)C(=O)N2CCC[C@H]2C(=O)N[C@@H](Cc2cccc3ccccc23)C(=O)N1)C(N)=O. The van der Waals surface area contributed by atoms with E-state index in [1.54, 1.807) is 4.68 Å². The lowest BCUT2D eigenvalue weighted by molar-refractivity contribution is -0.143. The van der Waals surface area contributed by atoms with Crippen LogP contribution in [0.25, 0.3) is 10.8 Å². The van der Waals surface area contributed by atoms with E-state index < -0.39 is 78.0 Å². The number of nitrogens with two attached hydrogens (primary N) is 1. The van der Waals surface area contributed by atoms with Gasteiger partial charge in [-0.1, -0.05) is 61.5 Å². The predicted octanol–water partition coefficient (Wildman–Crippen LogP) is 0.701. The van der Waals surface area contributed by atoms with Crippen LogP contribution in [0.15, 0.2) is 48.7 Å². The summed E-state index contributed by atoms with van der Waals surface area (Å²) in [6.45, 7) is 3.89. The Morgan fingerprint density at radius 2 is 1.74 bits per heavy atom. The number of aliphatic carboxylic acids is 1. The molecule has 1 fully saturated rings. The molecular weight excluding hydrogens is 750 g/mol. The molecule has 0 unspecified atom stereocenters.